The van der Waals surface area contributed by atoms with Crippen molar-refractivity contribution in [3.05, 3.63) is 69.9 Å². The Labute approximate surface area is 135 Å². The Morgan fingerprint density at radius 1 is 1.09 bits per heavy atom. The molecule has 2 aliphatic heterocycles. The molecular weight excluding hydrogens is 294 g/mol. The van der Waals surface area contributed by atoms with E-state index in [0.717, 1.165) is 35.9 Å². The van der Waals surface area contributed by atoms with E-state index in [1.54, 1.807) is 0 Å². The van der Waals surface area contributed by atoms with E-state index in [1.807, 2.05) is 12.1 Å². The minimum atomic E-state index is 0.780. The van der Waals surface area contributed by atoms with Gasteiger partial charge in [-0.2, -0.15) is 0 Å². The molecule has 3 nitrogen and oxygen atoms in total. The first-order chi connectivity index (χ1) is 10.7. The molecule has 2 aliphatic rings. The highest BCUT2D eigenvalue weighted by Crippen LogP contribution is 2.33. The molecule has 0 aliphatic carbocycles. The topological polar surface area (TPSA) is 27.3 Å². The third-order valence-corrected chi connectivity index (χ3v) is 4.49. The molecule has 0 bridgehead atoms. The summed E-state index contributed by atoms with van der Waals surface area (Å²) in [5, 5.41) is 6.56. The molecular formula is C18H18ClN3. The predicted molar refractivity (Wildman–Crippen MR) is 92.2 cm³/mol. The molecule has 2 aromatic rings. The minimum absolute atomic E-state index is 0.780. The van der Waals surface area contributed by atoms with Gasteiger partial charge in [0.05, 0.1) is 6.54 Å². The highest BCUT2D eigenvalue weighted by atomic mass is 35.5. The van der Waals surface area contributed by atoms with Crippen LogP contribution in [-0.4, -0.2) is 18.1 Å². The molecule has 0 spiro atoms. The first kappa shape index (κ1) is 13.7. The van der Waals surface area contributed by atoms with Crippen molar-refractivity contribution in [2.24, 2.45) is 0 Å². The quantitative estimate of drug-likeness (QED) is 0.870. The Hall–Kier alpha value is -1.97. The van der Waals surface area contributed by atoms with E-state index < -0.39 is 0 Å². The summed E-state index contributed by atoms with van der Waals surface area (Å²) in [7, 11) is 0. The van der Waals surface area contributed by atoms with Gasteiger partial charge < -0.3 is 10.7 Å². The zero-order chi connectivity index (χ0) is 15.1. The van der Waals surface area contributed by atoms with Crippen molar-refractivity contribution in [2.75, 3.05) is 23.8 Å². The van der Waals surface area contributed by atoms with Crippen molar-refractivity contribution in [1.82, 2.24) is 5.01 Å². The van der Waals surface area contributed by atoms with Gasteiger partial charge >= 0.3 is 0 Å². The zero-order valence-corrected chi connectivity index (χ0v) is 13.2. The molecule has 0 saturated heterocycles. The van der Waals surface area contributed by atoms with Crippen molar-refractivity contribution in [2.45, 2.75) is 13.3 Å². The summed E-state index contributed by atoms with van der Waals surface area (Å²) in [6, 6.07) is 14.6. The van der Waals surface area contributed by atoms with Crippen LogP contribution < -0.4 is 10.7 Å². The Morgan fingerprint density at radius 3 is 2.73 bits per heavy atom. The first-order valence-electron chi connectivity index (χ1n) is 7.52. The molecule has 112 valence electrons. The molecule has 2 aromatic carbocycles. The lowest BCUT2D eigenvalue weighted by Crippen LogP contribution is -2.28. The van der Waals surface area contributed by atoms with Crippen LogP contribution in [0.2, 0.25) is 5.02 Å². The van der Waals surface area contributed by atoms with E-state index in [2.05, 4.69) is 53.0 Å². The summed E-state index contributed by atoms with van der Waals surface area (Å²) >= 11 is 6.09. The van der Waals surface area contributed by atoms with Crippen LogP contribution in [0.5, 0.6) is 0 Å². The lowest BCUT2D eigenvalue weighted by Gasteiger charge is -2.20. The predicted octanol–water partition coefficient (Wildman–Crippen LogP) is 4.21. The van der Waals surface area contributed by atoms with Crippen LogP contribution in [0.4, 0.5) is 11.4 Å². The standard InChI is InChI=1S/C18H18ClN3/c1-12-2-6-16(7-3-12)21-22-10-14-8-13-4-5-15(19)9-17(13)20-18(14)11-22/h2-7,9,20-21H,8,10-11H2,1H3. The molecule has 0 aromatic heterocycles. The highest BCUT2D eigenvalue weighted by Gasteiger charge is 2.26. The van der Waals surface area contributed by atoms with Gasteiger partial charge in [-0.1, -0.05) is 35.4 Å². The number of aryl methyl sites for hydroxylation is 1. The number of hydrogen-bond donors (Lipinski definition) is 2. The summed E-state index contributed by atoms with van der Waals surface area (Å²) in [6.07, 6.45) is 1.00. The van der Waals surface area contributed by atoms with Crippen molar-refractivity contribution < 1.29 is 0 Å². The van der Waals surface area contributed by atoms with Crippen LogP contribution in [0, 0.1) is 6.92 Å². The van der Waals surface area contributed by atoms with Gasteiger partial charge in [0.25, 0.3) is 0 Å². The Balaban J connectivity index is 1.47. The van der Waals surface area contributed by atoms with E-state index >= 15 is 0 Å². The number of nitrogens with zero attached hydrogens (tertiary/aromatic N) is 1. The molecule has 4 rings (SSSR count). The van der Waals surface area contributed by atoms with E-state index in [1.165, 1.54) is 22.4 Å². The number of hydrazine groups is 1. The van der Waals surface area contributed by atoms with E-state index in [4.69, 9.17) is 11.6 Å². The summed E-state index contributed by atoms with van der Waals surface area (Å²) < 4.78 is 0. The summed E-state index contributed by atoms with van der Waals surface area (Å²) in [4.78, 5) is 0. The van der Waals surface area contributed by atoms with Gasteiger partial charge in [0.2, 0.25) is 0 Å². The monoisotopic (exact) mass is 311 g/mol. The minimum Gasteiger partial charge on any atom is -0.357 e. The number of halogens is 1. The van der Waals surface area contributed by atoms with Crippen LogP contribution in [0.25, 0.3) is 0 Å². The van der Waals surface area contributed by atoms with Gasteiger partial charge in [-0.25, -0.2) is 5.01 Å². The molecule has 0 saturated carbocycles. The molecule has 22 heavy (non-hydrogen) atoms. The van der Waals surface area contributed by atoms with Crippen molar-refractivity contribution in [3.8, 4) is 0 Å². The maximum absolute atomic E-state index is 6.09. The van der Waals surface area contributed by atoms with Gasteiger partial charge in [-0.05, 0) is 48.7 Å². The van der Waals surface area contributed by atoms with Gasteiger partial charge in [0.15, 0.2) is 0 Å². The van der Waals surface area contributed by atoms with E-state index in [-0.39, 0.29) is 0 Å². The number of rotatable bonds is 2. The van der Waals surface area contributed by atoms with Crippen molar-refractivity contribution in [3.63, 3.8) is 0 Å². The maximum Gasteiger partial charge on any atom is 0.0584 e. The lowest BCUT2D eigenvalue weighted by molar-refractivity contribution is 0.416. The number of fused-ring (bicyclic) bond motifs is 1. The lowest BCUT2D eigenvalue weighted by atomic mass is 9.99. The van der Waals surface area contributed by atoms with Crippen LogP contribution in [-0.2, 0) is 6.42 Å². The van der Waals surface area contributed by atoms with Crippen LogP contribution in [0.15, 0.2) is 53.7 Å². The van der Waals surface area contributed by atoms with Gasteiger partial charge in [-0.3, -0.25) is 0 Å². The van der Waals surface area contributed by atoms with Crippen molar-refractivity contribution >= 4 is 23.0 Å². The molecule has 0 amide bonds. The molecule has 2 N–H and O–H groups in total. The molecule has 4 heteroatoms. The first-order valence-corrected chi connectivity index (χ1v) is 7.90. The van der Waals surface area contributed by atoms with Gasteiger partial charge in [0, 0.05) is 28.6 Å². The van der Waals surface area contributed by atoms with Crippen molar-refractivity contribution in [1.29, 1.82) is 0 Å². The Bertz CT molecular complexity index is 749. The Morgan fingerprint density at radius 2 is 1.91 bits per heavy atom. The fourth-order valence-corrected chi connectivity index (χ4v) is 3.25. The third kappa shape index (κ3) is 2.58. The average Bonchev–Trinajstić information content (AvgIpc) is 2.88. The molecule has 0 atom stereocenters. The summed E-state index contributed by atoms with van der Waals surface area (Å²) in [6.45, 7) is 3.93. The third-order valence-electron chi connectivity index (χ3n) is 4.26. The maximum atomic E-state index is 6.09. The second-order valence-electron chi connectivity index (χ2n) is 6.02. The fourth-order valence-electron chi connectivity index (χ4n) is 3.08. The average molecular weight is 312 g/mol. The number of nitrogens with one attached hydrogen (secondary N) is 2. The second kappa shape index (κ2) is 5.34. The SMILES string of the molecule is Cc1ccc(NN2CC3=C(C2)Nc2cc(Cl)ccc2C3)cc1. The smallest absolute Gasteiger partial charge is 0.0584 e. The normalized spacial score (nSPS) is 17.0. The zero-order valence-electron chi connectivity index (χ0n) is 12.5. The van der Waals surface area contributed by atoms with E-state index in [9.17, 15) is 0 Å². The largest absolute Gasteiger partial charge is 0.357 e. The van der Waals surface area contributed by atoms with Crippen LogP contribution in [0.3, 0.4) is 0 Å². The Kier molecular flexibility index (Phi) is 3.32. The van der Waals surface area contributed by atoms with Gasteiger partial charge in [0.1, 0.15) is 0 Å². The number of benzene rings is 2. The molecule has 0 unspecified atom stereocenters. The molecule has 0 radical (unpaired) electrons. The fraction of sp³-hybridized carbons (Fsp3) is 0.222. The van der Waals surface area contributed by atoms with E-state index in [0.29, 0.717) is 0 Å². The van der Waals surface area contributed by atoms with Crippen LogP contribution >= 0.6 is 11.6 Å². The van der Waals surface area contributed by atoms with Crippen LogP contribution in [0.1, 0.15) is 11.1 Å². The van der Waals surface area contributed by atoms with Gasteiger partial charge in [-0.15, -0.1) is 0 Å². The molecule has 0 fully saturated rings. The number of anilines is 2. The summed E-state index contributed by atoms with van der Waals surface area (Å²) in [5.41, 5.74) is 11.1. The molecule has 2 heterocycles. The highest BCUT2D eigenvalue weighted by molar-refractivity contribution is 6.30. The number of hydrogen-bond acceptors (Lipinski definition) is 3. The summed E-state index contributed by atoms with van der Waals surface area (Å²) in [5.74, 6) is 0. The second-order valence-corrected chi connectivity index (χ2v) is 6.46.